The molecule has 0 bridgehead atoms. The van der Waals surface area contributed by atoms with Gasteiger partial charge in [-0.1, -0.05) is 0 Å². The summed E-state index contributed by atoms with van der Waals surface area (Å²) in [5.41, 5.74) is 5.42. The first-order chi connectivity index (χ1) is 6.95. The van der Waals surface area contributed by atoms with E-state index in [2.05, 4.69) is 9.24 Å². The summed E-state index contributed by atoms with van der Waals surface area (Å²) in [7, 11) is 2.36. The Morgan fingerprint density at radius 3 is 2.53 bits per heavy atom. The van der Waals surface area contributed by atoms with Gasteiger partial charge in [0.2, 0.25) is 0 Å². The molecule has 1 rings (SSSR count). The minimum atomic E-state index is -0.780. The van der Waals surface area contributed by atoms with Gasteiger partial charge in [0.1, 0.15) is 11.5 Å². The normalized spacial score (nSPS) is 14.3. The van der Waals surface area contributed by atoms with Gasteiger partial charge in [0, 0.05) is 6.54 Å². The highest BCUT2D eigenvalue weighted by atomic mass is 31.0. The molecule has 0 spiro atoms. The molecular formula is C10H14NO3P. The highest BCUT2D eigenvalue weighted by Gasteiger charge is 2.28. The Kier molecular flexibility index (Phi) is 3.66. The number of carbonyl (C=O) groups excluding carboxylic acids is 1. The predicted molar refractivity (Wildman–Crippen MR) is 60.9 cm³/mol. The minimum absolute atomic E-state index is 0.127. The van der Waals surface area contributed by atoms with Crippen LogP contribution >= 0.6 is 9.24 Å². The first-order valence-electron chi connectivity index (χ1n) is 4.46. The van der Waals surface area contributed by atoms with Crippen LogP contribution in [0, 0.1) is 0 Å². The molecule has 0 amide bonds. The summed E-state index contributed by atoms with van der Waals surface area (Å²) >= 11 is 0. The van der Waals surface area contributed by atoms with Gasteiger partial charge in [-0.15, -0.1) is 9.24 Å². The van der Waals surface area contributed by atoms with E-state index >= 15 is 0 Å². The van der Waals surface area contributed by atoms with Crippen molar-refractivity contribution in [3.05, 3.63) is 24.3 Å². The molecule has 0 aliphatic rings. The Morgan fingerprint density at radius 1 is 1.53 bits per heavy atom. The van der Waals surface area contributed by atoms with Crippen molar-refractivity contribution in [3.8, 4) is 11.5 Å². The average molecular weight is 227 g/mol. The number of carbonyl (C=O) groups is 1. The third-order valence-electron chi connectivity index (χ3n) is 1.94. The van der Waals surface area contributed by atoms with Crippen LogP contribution in [0.5, 0.6) is 11.5 Å². The van der Waals surface area contributed by atoms with Gasteiger partial charge in [-0.05, 0) is 31.2 Å². The molecule has 4 nitrogen and oxygen atoms in total. The Balaban J connectivity index is 2.71. The molecule has 0 aliphatic carbocycles. The lowest BCUT2D eigenvalue weighted by Crippen LogP contribution is -2.39. The second kappa shape index (κ2) is 4.60. The highest BCUT2D eigenvalue weighted by Crippen LogP contribution is 2.21. The van der Waals surface area contributed by atoms with Crippen molar-refractivity contribution in [2.24, 2.45) is 5.73 Å². The zero-order valence-corrected chi connectivity index (χ0v) is 9.59. The molecule has 82 valence electrons. The van der Waals surface area contributed by atoms with Crippen LogP contribution in [-0.2, 0) is 4.79 Å². The standard InChI is InChI=1S/C10H14NO3P/c1-10(15,6-11)9(13)14-8-4-2-7(12)3-5-8/h2-5,12H,6,11,15H2,1H3. The van der Waals surface area contributed by atoms with Gasteiger partial charge in [0.25, 0.3) is 0 Å². The molecule has 1 aromatic carbocycles. The molecule has 2 atom stereocenters. The minimum Gasteiger partial charge on any atom is -0.508 e. The maximum atomic E-state index is 11.6. The van der Waals surface area contributed by atoms with E-state index in [0.717, 1.165) is 0 Å². The van der Waals surface area contributed by atoms with Crippen molar-refractivity contribution in [3.63, 3.8) is 0 Å². The molecule has 1 aromatic rings. The molecular weight excluding hydrogens is 213 g/mol. The SMILES string of the molecule is CC(P)(CN)C(=O)Oc1ccc(O)cc1. The molecule has 0 saturated carbocycles. The van der Waals surface area contributed by atoms with Crippen LogP contribution in [0.15, 0.2) is 24.3 Å². The lowest BCUT2D eigenvalue weighted by Gasteiger charge is -2.19. The number of rotatable bonds is 3. The summed E-state index contributed by atoms with van der Waals surface area (Å²) in [4.78, 5) is 11.6. The Morgan fingerprint density at radius 2 is 2.07 bits per heavy atom. The summed E-state index contributed by atoms with van der Waals surface area (Å²) in [6.45, 7) is 1.87. The second-order valence-electron chi connectivity index (χ2n) is 3.51. The van der Waals surface area contributed by atoms with Crippen molar-refractivity contribution >= 4 is 15.2 Å². The maximum absolute atomic E-state index is 11.6. The largest absolute Gasteiger partial charge is 0.508 e. The third kappa shape index (κ3) is 3.18. The zero-order chi connectivity index (χ0) is 11.5. The zero-order valence-electron chi connectivity index (χ0n) is 8.43. The van der Waals surface area contributed by atoms with Crippen LogP contribution in [-0.4, -0.2) is 22.8 Å². The monoisotopic (exact) mass is 227 g/mol. The fourth-order valence-electron chi connectivity index (χ4n) is 0.821. The van der Waals surface area contributed by atoms with E-state index in [4.69, 9.17) is 15.6 Å². The van der Waals surface area contributed by atoms with Crippen LogP contribution < -0.4 is 10.5 Å². The van der Waals surface area contributed by atoms with Gasteiger partial charge in [-0.25, -0.2) is 0 Å². The molecule has 0 aliphatic heterocycles. The first kappa shape index (κ1) is 12.0. The smallest absolute Gasteiger partial charge is 0.322 e. The van der Waals surface area contributed by atoms with Crippen LogP contribution in [0.25, 0.3) is 0 Å². The second-order valence-corrected chi connectivity index (χ2v) is 4.78. The van der Waals surface area contributed by atoms with E-state index < -0.39 is 11.1 Å². The number of benzene rings is 1. The molecule has 15 heavy (non-hydrogen) atoms. The molecule has 2 unspecified atom stereocenters. The predicted octanol–water partition coefficient (Wildman–Crippen LogP) is 0.890. The van der Waals surface area contributed by atoms with Crippen molar-refractivity contribution in [1.82, 2.24) is 0 Å². The van der Waals surface area contributed by atoms with Gasteiger partial charge in [0.15, 0.2) is 0 Å². The number of hydrogen-bond acceptors (Lipinski definition) is 4. The van der Waals surface area contributed by atoms with Crippen molar-refractivity contribution in [1.29, 1.82) is 0 Å². The number of ether oxygens (including phenoxy) is 1. The van der Waals surface area contributed by atoms with Crippen LogP contribution in [0.3, 0.4) is 0 Å². The van der Waals surface area contributed by atoms with Crippen molar-refractivity contribution in [2.75, 3.05) is 6.54 Å². The first-order valence-corrected chi connectivity index (χ1v) is 5.04. The van der Waals surface area contributed by atoms with Gasteiger partial charge in [-0.3, -0.25) is 4.79 Å². The summed E-state index contributed by atoms with van der Waals surface area (Å²) in [6.07, 6.45) is 0. The molecule has 0 radical (unpaired) electrons. The van der Waals surface area contributed by atoms with Crippen LogP contribution in [0.1, 0.15) is 6.92 Å². The maximum Gasteiger partial charge on any atom is 0.322 e. The van der Waals surface area contributed by atoms with Gasteiger partial charge >= 0.3 is 5.97 Å². The van der Waals surface area contributed by atoms with Crippen molar-refractivity contribution < 1.29 is 14.6 Å². The third-order valence-corrected chi connectivity index (χ3v) is 2.41. The van der Waals surface area contributed by atoms with Gasteiger partial charge in [0.05, 0.1) is 5.16 Å². The fourth-order valence-corrected chi connectivity index (χ4v) is 0.880. The molecule has 3 N–H and O–H groups in total. The number of nitrogens with two attached hydrogens (primary N) is 1. The average Bonchev–Trinajstić information content (AvgIpc) is 2.21. The summed E-state index contributed by atoms with van der Waals surface area (Å²) in [5, 5.41) is 8.25. The Hall–Kier alpha value is -1.12. The number of phenolic OH excluding ortho intramolecular Hbond substituents is 1. The number of hydrogen-bond donors (Lipinski definition) is 2. The van der Waals surface area contributed by atoms with E-state index in [0.29, 0.717) is 5.75 Å². The van der Waals surface area contributed by atoms with E-state index in [9.17, 15) is 4.79 Å². The van der Waals surface area contributed by atoms with E-state index in [1.165, 1.54) is 24.3 Å². The van der Waals surface area contributed by atoms with E-state index in [-0.39, 0.29) is 12.3 Å². The van der Waals surface area contributed by atoms with Crippen LogP contribution in [0.4, 0.5) is 0 Å². The number of aromatic hydroxyl groups is 1. The van der Waals surface area contributed by atoms with Gasteiger partial charge < -0.3 is 15.6 Å². The van der Waals surface area contributed by atoms with Gasteiger partial charge in [-0.2, -0.15) is 0 Å². The lowest BCUT2D eigenvalue weighted by molar-refractivity contribution is -0.136. The highest BCUT2D eigenvalue weighted by molar-refractivity contribution is 7.21. The molecule has 0 heterocycles. The summed E-state index contributed by atoms with van der Waals surface area (Å²) in [6, 6.07) is 5.94. The fraction of sp³-hybridized carbons (Fsp3) is 0.300. The Bertz CT molecular complexity index is 348. The summed E-state index contributed by atoms with van der Waals surface area (Å²) in [5.74, 6) is 0.0999. The molecule has 0 fully saturated rings. The lowest BCUT2D eigenvalue weighted by atomic mass is 10.2. The summed E-state index contributed by atoms with van der Waals surface area (Å²) < 4.78 is 5.07. The molecule has 0 saturated heterocycles. The molecule has 0 aromatic heterocycles. The van der Waals surface area contributed by atoms with E-state index in [1.807, 2.05) is 0 Å². The molecule has 5 heteroatoms. The van der Waals surface area contributed by atoms with Crippen LogP contribution in [0.2, 0.25) is 0 Å². The van der Waals surface area contributed by atoms with Crippen molar-refractivity contribution in [2.45, 2.75) is 12.1 Å². The number of esters is 1. The topological polar surface area (TPSA) is 72.6 Å². The quantitative estimate of drug-likeness (QED) is 0.457. The Labute approximate surface area is 90.6 Å². The van der Waals surface area contributed by atoms with E-state index in [1.54, 1.807) is 6.92 Å². The number of phenols is 1.